The molecular weight excluding hydrogens is 200 g/mol. The fourth-order valence-electron chi connectivity index (χ4n) is 1.22. The number of hydrogen-bond acceptors (Lipinski definition) is 2. The average molecular weight is 220 g/mol. The molecule has 1 rings (SSSR count). The molecule has 0 N–H and O–H groups in total. The van der Waals surface area contributed by atoms with Crippen LogP contribution in [-0.4, -0.2) is 5.60 Å². The quantitative estimate of drug-likeness (QED) is 0.423. The third kappa shape index (κ3) is 3.38. The molecule has 0 aliphatic carbocycles. The summed E-state index contributed by atoms with van der Waals surface area (Å²) in [4.78, 5) is 10.7. The van der Waals surface area contributed by atoms with Gasteiger partial charge in [-0.3, -0.25) is 0 Å². The Balaban J connectivity index is 2.77. The van der Waals surface area contributed by atoms with Crippen LogP contribution in [0.4, 0.5) is 0 Å². The first-order valence-corrected chi connectivity index (χ1v) is 5.54. The van der Waals surface area contributed by atoms with Crippen molar-refractivity contribution in [1.29, 1.82) is 0 Å². The molecule has 0 aliphatic heterocycles. The molecule has 0 heterocycles. The van der Waals surface area contributed by atoms with Crippen LogP contribution in [-0.2, 0) is 4.89 Å². The molecule has 0 fully saturated rings. The lowest BCUT2D eigenvalue weighted by Gasteiger charge is -2.20. The molecule has 2 heteroatoms. The van der Waals surface area contributed by atoms with E-state index < -0.39 is 5.60 Å². The van der Waals surface area contributed by atoms with E-state index in [1.807, 2.05) is 38.1 Å². The van der Waals surface area contributed by atoms with Gasteiger partial charge in [0.05, 0.1) is 0 Å². The van der Waals surface area contributed by atoms with E-state index in [1.54, 1.807) is 6.08 Å². The summed E-state index contributed by atoms with van der Waals surface area (Å²) in [7, 11) is 0. The van der Waals surface area contributed by atoms with Crippen LogP contribution < -0.4 is 4.89 Å². The van der Waals surface area contributed by atoms with Gasteiger partial charge in [0.25, 0.3) is 0 Å². The first-order chi connectivity index (χ1) is 7.46. The van der Waals surface area contributed by atoms with E-state index in [0.29, 0.717) is 5.92 Å². The van der Waals surface area contributed by atoms with Gasteiger partial charge >= 0.3 is 0 Å². The van der Waals surface area contributed by atoms with E-state index in [4.69, 9.17) is 9.78 Å². The summed E-state index contributed by atoms with van der Waals surface area (Å²) in [6.07, 6.45) is 1.71. The van der Waals surface area contributed by atoms with Crippen molar-refractivity contribution in [2.45, 2.75) is 39.2 Å². The molecule has 0 atom stereocenters. The Morgan fingerprint density at radius 3 is 2.44 bits per heavy atom. The molecule has 0 unspecified atom stereocenters. The zero-order valence-corrected chi connectivity index (χ0v) is 10.5. The van der Waals surface area contributed by atoms with E-state index in [1.165, 1.54) is 0 Å². The lowest BCUT2D eigenvalue weighted by Crippen LogP contribution is -2.23. The van der Waals surface area contributed by atoms with Crippen LogP contribution in [0.1, 0.15) is 39.2 Å². The Bertz CT molecular complexity index is 354. The van der Waals surface area contributed by atoms with E-state index >= 15 is 0 Å². The molecule has 0 aliphatic rings. The van der Waals surface area contributed by atoms with Crippen LogP contribution in [0.5, 0.6) is 5.75 Å². The van der Waals surface area contributed by atoms with Crippen molar-refractivity contribution in [3.8, 4) is 5.75 Å². The summed E-state index contributed by atoms with van der Waals surface area (Å²) < 4.78 is 0. The monoisotopic (exact) mass is 220 g/mol. The minimum atomic E-state index is -0.482. The lowest BCUT2D eigenvalue weighted by molar-refractivity contribution is -0.264. The Labute approximate surface area is 97.8 Å². The summed E-state index contributed by atoms with van der Waals surface area (Å²) in [5.74, 6) is 1.18. The maximum absolute atomic E-state index is 5.38. The lowest BCUT2D eigenvalue weighted by atomic mass is 10.0. The summed E-state index contributed by atoms with van der Waals surface area (Å²) in [6.45, 7) is 11.8. The van der Waals surface area contributed by atoms with Crippen LogP contribution in [0.2, 0.25) is 0 Å². The number of hydrogen-bond donors (Lipinski definition) is 0. The number of rotatable bonds is 5. The van der Waals surface area contributed by atoms with E-state index in [-0.39, 0.29) is 0 Å². The maximum atomic E-state index is 5.38. The van der Waals surface area contributed by atoms with Crippen LogP contribution in [0.15, 0.2) is 36.9 Å². The summed E-state index contributed by atoms with van der Waals surface area (Å²) in [5.41, 5.74) is 0.659. The third-order valence-corrected chi connectivity index (χ3v) is 2.38. The van der Waals surface area contributed by atoms with Crippen LogP contribution >= 0.6 is 0 Å². The number of benzene rings is 1. The third-order valence-electron chi connectivity index (χ3n) is 2.38. The van der Waals surface area contributed by atoms with Crippen molar-refractivity contribution in [3.05, 3.63) is 42.5 Å². The maximum Gasteiger partial charge on any atom is 0.168 e. The SMILES string of the molecule is C=CC(C)(C)OOc1ccccc1C(C)C. The summed E-state index contributed by atoms with van der Waals surface area (Å²) in [5, 5.41) is 0. The number of para-hydroxylation sites is 1. The topological polar surface area (TPSA) is 18.5 Å². The highest BCUT2D eigenvalue weighted by atomic mass is 17.2. The molecular formula is C14H20O2. The molecule has 2 nitrogen and oxygen atoms in total. The van der Waals surface area contributed by atoms with Crippen molar-refractivity contribution < 1.29 is 9.78 Å². The van der Waals surface area contributed by atoms with Gasteiger partial charge in [0.1, 0.15) is 5.60 Å². The Morgan fingerprint density at radius 2 is 1.88 bits per heavy atom. The molecule has 16 heavy (non-hydrogen) atoms. The van der Waals surface area contributed by atoms with Gasteiger partial charge in [0, 0.05) is 5.56 Å². The Morgan fingerprint density at radius 1 is 1.25 bits per heavy atom. The molecule has 1 aromatic rings. The van der Waals surface area contributed by atoms with E-state index in [2.05, 4.69) is 20.4 Å². The molecule has 0 saturated carbocycles. The van der Waals surface area contributed by atoms with Gasteiger partial charge in [0.2, 0.25) is 0 Å². The first-order valence-electron chi connectivity index (χ1n) is 5.54. The van der Waals surface area contributed by atoms with Gasteiger partial charge in [-0.25, -0.2) is 0 Å². The van der Waals surface area contributed by atoms with Crippen molar-refractivity contribution in [1.82, 2.24) is 0 Å². The first kappa shape index (κ1) is 12.8. The average Bonchev–Trinajstić information content (AvgIpc) is 2.27. The van der Waals surface area contributed by atoms with Gasteiger partial charge < -0.3 is 4.89 Å². The van der Waals surface area contributed by atoms with Crippen molar-refractivity contribution in [2.24, 2.45) is 0 Å². The standard InChI is InChI=1S/C14H20O2/c1-6-14(4,5)16-15-13-10-8-7-9-12(13)11(2)3/h6-11H,1H2,2-5H3. The van der Waals surface area contributed by atoms with Gasteiger partial charge in [-0.15, -0.1) is 6.58 Å². The highest BCUT2D eigenvalue weighted by Gasteiger charge is 2.17. The second kappa shape index (κ2) is 5.17. The van der Waals surface area contributed by atoms with Crippen molar-refractivity contribution >= 4 is 0 Å². The van der Waals surface area contributed by atoms with Gasteiger partial charge in [-0.1, -0.05) is 38.1 Å². The second-order valence-electron chi connectivity index (χ2n) is 4.67. The molecule has 0 bridgehead atoms. The fourth-order valence-corrected chi connectivity index (χ4v) is 1.22. The van der Waals surface area contributed by atoms with Gasteiger partial charge in [-0.05, 0) is 25.8 Å². The van der Waals surface area contributed by atoms with E-state index in [9.17, 15) is 0 Å². The van der Waals surface area contributed by atoms with E-state index in [0.717, 1.165) is 11.3 Å². The molecule has 0 aromatic heterocycles. The molecule has 0 amide bonds. The normalized spacial score (nSPS) is 11.6. The molecule has 0 radical (unpaired) electrons. The second-order valence-corrected chi connectivity index (χ2v) is 4.67. The fraction of sp³-hybridized carbons (Fsp3) is 0.429. The van der Waals surface area contributed by atoms with Crippen molar-refractivity contribution in [3.63, 3.8) is 0 Å². The molecule has 0 spiro atoms. The highest BCUT2D eigenvalue weighted by Crippen LogP contribution is 2.27. The highest BCUT2D eigenvalue weighted by molar-refractivity contribution is 5.35. The zero-order valence-electron chi connectivity index (χ0n) is 10.5. The van der Waals surface area contributed by atoms with Crippen molar-refractivity contribution in [2.75, 3.05) is 0 Å². The molecule has 1 aromatic carbocycles. The zero-order chi connectivity index (χ0) is 12.2. The van der Waals surface area contributed by atoms with Gasteiger partial charge in [0.15, 0.2) is 5.75 Å². The largest absolute Gasteiger partial charge is 0.336 e. The predicted molar refractivity (Wildman–Crippen MR) is 66.5 cm³/mol. The Hall–Kier alpha value is -1.28. The molecule has 88 valence electrons. The van der Waals surface area contributed by atoms with Crippen LogP contribution in [0.25, 0.3) is 0 Å². The minimum Gasteiger partial charge on any atom is -0.336 e. The minimum absolute atomic E-state index is 0.409. The van der Waals surface area contributed by atoms with Crippen LogP contribution in [0.3, 0.4) is 0 Å². The van der Waals surface area contributed by atoms with Crippen LogP contribution in [0, 0.1) is 0 Å². The predicted octanol–water partition coefficient (Wildman–Crippen LogP) is 4.09. The summed E-state index contributed by atoms with van der Waals surface area (Å²) >= 11 is 0. The summed E-state index contributed by atoms with van der Waals surface area (Å²) in [6, 6.07) is 7.89. The smallest absolute Gasteiger partial charge is 0.168 e. The Kier molecular flexibility index (Phi) is 4.13. The van der Waals surface area contributed by atoms with Gasteiger partial charge in [-0.2, -0.15) is 4.89 Å². The molecule has 0 saturated heterocycles.